The lowest BCUT2D eigenvalue weighted by Gasteiger charge is -2.24. The van der Waals surface area contributed by atoms with Gasteiger partial charge in [-0.15, -0.1) is 0 Å². The van der Waals surface area contributed by atoms with Crippen LogP contribution in [0.2, 0.25) is 0 Å². The average molecular weight is 402 g/mol. The second kappa shape index (κ2) is 7.44. The number of hydrogen-bond donors (Lipinski definition) is 3. The van der Waals surface area contributed by atoms with Crippen LogP contribution in [0.15, 0.2) is 18.2 Å². The molecule has 0 saturated heterocycles. The number of ether oxygens (including phenoxy) is 1. The molecule has 0 bridgehead atoms. The van der Waals surface area contributed by atoms with Gasteiger partial charge in [-0.05, 0) is 39.3 Å². The Kier molecular flexibility index (Phi) is 5.77. The molecule has 2 rings (SSSR count). The van der Waals surface area contributed by atoms with Gasteiger partial charge in [0.05, 0.1) is 12.1 Å². The van der Waals surface area contributed by atoms with Gasteiger partial charge in [0.15, 0.2) is 5.69 Å². The molecule has 1 atom stereocenters. The molecule has 0 saturated carbocycles. The lowest BCUT2D eigenvalue weighted by molar-refractivity contribution is -0.140. The smallest absolute Gasteiger partial charge is 0.420 e. The largest absolute Gasteiger partial charge is 0.476 e. The highest BCUT2D eigenvalue weighted by Gasteiger charge is 2.39. The van der Waals surface area contributed by atoms with E-state index in [1.165, 1.54) is 17.7 Å². The number of hydrogen-bond acceptors (Lipinski definition) is 5. The maximum absolute atomic E-state index is 13.7. The molecule has 1 aromatic heterocycles. The summed E-state index contributed by atoms with van der Waals surface area (Å²) in [6.07, 6.45) is -6.65. The second-order valence-corrected chi connectivity index (χ2v) is 7.19. The predicted octanol–water partition coefficient (Wildman–Crippen LogP) is 3.48. The quantitative estimate of drug-likeness (QED) is 0.707. The summed E-state index contributed by atoms with van der Waals surface area (Å²) in [6, 6.07) is 3.33. The molecule has 1 aromatic carbocycles. The Balaban J connectivity index is 2.72. The molecule has 0 aliphatic carbocycles. The number of alkyl halides is 3. The summed E-state index contributed by atoms with van der Waals surface area (Å²) in [5.41, 5.74) is -2.87. The number of carboxylic acid groups (broad SMARTS) is 1. The van der Waals surface area contributed by atoms with Crippen LogP contribution in [0.4, 0.5) is 13.2 Å². The zero-order valence-corrected chi connectivity index (χ0v) is 15.7. The maximum Gasteiger partial charge on any atom is 0.420 e. The molecule has 1 unspecified atom stereocenters. The minimum atomic E-state index is -4.89. The number of benzene rings is 1. The van der Waals surface area contributed by atoms with Crippen molar-refractivity contribution >= 4 is 5.97 Å². The van der Waals surface area contributed by atoms with Crippen LogP contribution in [-0.2, 0) is 11.7 Å². The summed E-state index contributed by atoms with van der Waals surface area (Å²) in [4.78, 5) is 11.4. The molecule has 0 amide bonds. The third kappa shape index (κ3) is 4.12. The number of carboxylic acids is 1. The number of rotatable bonds is 5. The number of halogens is 3. The highest BCUT2D eigenvalue weighted by molar-refractivity contribution is 5.87. The number of carbonyl (C=O) groups is 1. The molecular weight excluding hydrogens is 381 g/mol. The normalized spacial score (nSPS) is 13.5. The van der Waals surface area contributed by atoms with E-state index in [0.717, 1.165) is 12.1 Å². The van der Waals surface area contributed by atoms with Crippen molar-refractivity contribution < 1.29 is 38.0 Å². The molecule has 28 heavy (non-hydrogen) atoms. The van der Waals surface area contributed by atoms with Crippen molar-refractivity contribution in [3.05, 3.63) is 40.6 Å². The van der Waals surface area contributed by atoms with Gasteiger partial charge in [0, 0.05) is 5.56 Å². The molecule has 0 fully saturated rings. The van der Waals surface area contributed by atoms with Gasteiger partial charge in [-0.1, -0.05) is 12.1 Å². The van der Waals surface area contributed by atoms with Gasteiger partial charge < -0.3 is 20.1 Å². The summed E-state index contributed by atoms with van der Waals surface area (Å²) in [5.74, 6) is -2.14. The van der Waals surface area contributed by atoms with Crippen LogP contribution in [0.1, 0.15) is 54.1 Å². The van der Waals surface area contributed by atoms with E-state index in [9.17, 15) is 28.2 Å². The van der Waals surface area contributed by atoms with E-state index in [0.29, 0.717) is 0 Å². The van der Waals surface area contributed by atoms with Gasteiger partial charge in [-0.2, -0.15) is 18.3 Å². The van der Waals surface area contributed by atoms with Crippen LogP contribution < -0.4 is 4.74 Å². The molecule has 1 heterocycles. The Morgan fingerprint density at radius 3 is 2.36 bits per heavy atom. The third-order valence-corrected chi connectivity index (χ3v) is 3.99. The first-order valence-electron chi connectivity index (χ1n) is 8.29. The molecule has 10 heteroatoms. The molecule has 0 spiro atoms. The third-order valence-electron chi connectivity index (χ3n) is 3.99. The Morgan fingerprint density at radius 2 is 1.89 bits per heavy atom. The summed E-state index contributed by atoms with van der Waals surface area (Å²) < 4.78 is 47.8. The van der Waals surface area contributed by atoms with E-state index < -0.39 is 47.3 Å². The van der Waals surface area contributed by atoms with Crippen LogP contribution in [0.5, 0.6) is 11.6 Å². The van der Waals surface area contributed by atoms with E-state index in [-0.39, 0.29) is 17.1 Å². The first kappa shape index (κ1) is 21.7. The first-order valence-corrected chi connectivity index (χ1v) is 8.29. The molecule has 0 aliphatic rings. The summed E-state index contributed by atoms with van der Waals surface area (Å²) in [7, 11) is 0. The maximum atomic E-state index is 13.7. The van der Waals surface area contributed by atoms with E-state index >= 15 is 0 Å². The molecule has 154 valence electrons. The van der Waals surface area contributed by atoms with Gasteiger partial charge in [-0.25, -0.2) is 9.48 Å². The van der Waals surface area contributed by atoms with E-state index in [1.54, 1.807) is 20.8 Å². The second-order valence-electron chi connectivity index (χ2n) is 7.19. The lowest BCUT2D eigenvalue weighted by atomic mass is 10.0. The minimum absolute atomic E-state index is 0.0589. The lowest BCUT2D eigenvalue weighted by Crippen LogP contribution is -2.24. The molecule has 0 radical (unpaired) electrons. The number of aromatic carboxylic acids is 1. The van der Waals surface area contributed by atoms with Crippen molar-refractivity contribution in [1.82, 2.24) is 9.78 Å². The molecule has 0 aliphatic heterocycles. The molecule has 3 N–H and O–H groups in total. The summed E-state index contributed by atoms with van der Waals surface area (Å²) in [6.45, 7) is 5.54. The first-order chi connectivity index (χ1) is 12.8. The number of aromatic nitrogens is 2. The SMILES string of the molecule is Cc1c(C(=O)O)nn(C(C)(C)C)c1Oc1cccc(C(O)CO)c1C(F)(F)F. The fourth-order valence-corrected chi connectivity index (χ4v) is 2.67. The average Bonchev–Trinajstić information content (AvgIpc) is 2.90. The van der Waals surface area contributed by atoms with Crippen molar-refractivity contribution in [1.29, 1.82) is 0 Å². The van der Waals surface area contributed by atoms with Gasteiger partial charge in [0.2, 0.25) is 5.88 Å². The number of aliphatic hydroxyl groups excluding tert-OH is 2. The van der Waals surface area contributed by atoms with Crippen molar-refractivity contribution in [2.45, 2.75) is 45.5 Å². The highest BCUT2D eigenvalue weighted by atomic mass is 19.4. The molecular formula is C18H21F3N2O5. The van der Waals surface area contributed by atoms with E-state index in [2.05, 4.69) is 5.10 Å². The van der Waals surface area contributed by atoms with Crippen LogP contribution in [0, 0.1) is 6.92 Å². The minimum Gasteiger partial charge on any atom is -0.476 e. The van der Waals surface area contributed by atoms with E-state index in [1.807, 2.05) is 0 Å². The van der Waals surface area contributed by atoms with Crippen LogP contribution >= 0.6 is 0 Å². The Bertz CT molecular complexity index is 885. The predicted molar refractivity (Wildman–Crippen MR) is 92.5 cm³/mol. The highest BCUT2D eigenvalue weighted by Crippen LogP contribution is 2.43. The standard InChI is InChI=1S/C18H21F3N2O5/c1-9-14(16(26)27)22-23(17(2,3)4)15(9)28-12-7-5-6-10(11(25)8-24)13(12)18(19,20)21/h5-7,11,24-25H,8H2,1-4H3,(H,26,27). The van der Waals surface area contributed by atoms with Gasteiger partial charge >= 0.3 is 12.1 Å². The monoisotopic (exact) mass is 402 g/mol. The Labute approximate surface area is 159 Å². The summed E-state index contributed by atoms with van der Waals surface area (Å²) >= 11 is 0. The zero-order valence-electron chi connectivity index (χ0n) is 15.7. The van der Waals surface area contributed by atoms with Crippen molar-refractivity contribution in [3.8, 4) is 11.6 Å². The van der Waals surface area contributed by atoms with Crippen LogP contribution in [-0.4, -0.2) is 37.7 Å². The Hall–Kier alpha value is -2.59. The van der Waals surface area contributed by atoms with Crippen molar-refractivity contribution in [3.63, 3.8) is 0 Å². The summed E-state index contributed by atoms with van der Waals surface area (Å²) in [5, 5.41) is 32.1. The molecule has 2 aromatic rings. The number of aliphatic hydroxyl groups is 2. The topological polar surface area (TPSA) is 105 Å². The van der Waals surface area contributed by atoms with Gasteiger partial charge in [0.25, 0.3) is 0 Å². The van der Waals surface area contributed by atoms with E-state index in [4.69, 9.17) is 9.84 Å². The van der Waals surface area contributed by atoms with Crippen molar-refractivity contribution in [2.24, 2.45) is 0 Å². The number of nitrogens with zero attached hydrogens (tertiary/aromatic N) is 2. The fraction of sp³-hybridized carbons (Fsp3) is 0.444. The van der Waals surface area contributed by atoms with Crippen LogP contribution in [0.3, 0.4) is 0 Å². The Morgan fingerprint density at radius 1 is 1.29 bits per heavy atom. The molecule has 7 nitrogen and oxygen atoms in total. The van der Waals surface area contributed by atoms with Crippen molar-refractivity contribution in [2.75, 3.05) is 6.61 Å². The van der Waals surface area contributed by atoms with Gasteiger partial charge in [0.1, 0.15) is 17.4 Å². The van der Waals surface area contributed by atoms with Gasteiger partial charge in [-0.3, -0.25) is 0 Å². The zero-order chi connectivity index (χ0) is 21.4. The fourth-order valence-electron chi connectivity index (χ4n) is 2.67. The van der Waals surface area contributed by atoms with Crippen LogP contribution in [0.25, 0.3) is 0 Å².